The molecule has 0 fully saturated rings. The first-order valence-corrected chi connectivity index (χ1v) is 7.74. The monoisotopic (exact) mass is 324 g/mol. The highest BCUT2D eigenvalue weighted by atomic mass is 35.5. The van der Waals surface area contributed by atoms with Crippen LogP contribution in [0, 0.1) is 0 Å². The minimum absolute atomic E-state index is 0.281. The Balaban J connectivity index is 1.67. The number of carbonyl (C=O) groups excluding carboxylic acids is 1. The van der Waals surface area contributed by atoms with E-state index in [2.05, 4.69) is 16.5 Å². The van der Waals surface area contributed by atoms with Crippen molar-refractivity contribution in [3.05, 3.63) is 70.4 Å². The molecular formula is C18H13ClN2O2. The topological polar surface area (TPSA) is 55.1 Å². The molecule has 0 unspecified atom stereocenters. The van der Waals surface area contributed by atoms with Gasteiger partial charge < -0.3 is 9.84 Å². The van der Waals surface area contributed by atoms with Crippen molar-refractivity contribution in [2.24, 2.45) is 0 Å². The summed E-state index contributed by atoms with van der Waals surface area (Å²) >= 11 is 5.94. The number of rotatable bonds is 2. The average Bonchev–Trinajstić information content (AvgIpc) is 2.99. The summed E-state index contributed by atoms with van der Waals surface area (Å²) in [5.41, 5.74) is 4.08. The number of anilines is 1. The molecule has 0 atom stereocenters. The highest BCUT2D eigenvalue weighted by Gasteiger charge is 2.27. The van der Waals surface area contributed by atoms with Gasteiger partial charge in [0.15, 0.2) is 11.5 Å². The van der Waals surface area contributed by atoms with Gasteiger partial charge in [-0.15, -0.1) is 0 Å². The van der Waals surface area contributed by atoms with Gasteiger partial charge in [-0.3, -0.25) is 4.79 Å². The van der Waals surface area contributed by atoms with Crippen molar-refractivity contribution in [2.45, 2.75) is 12.8 Å². The Labute approximate surface area is 138 Å². The zero-order valence-corrected chi connectivity index (χ0v) is 12.9. The third kappa shape index (κ3) is 2.51. The van der Waals surface area contributed by atoms with E-state index in [1.54, 1.807) is 24.3 Å². The van der Waals surface area contributed by atoms with Crippen LogP contribution in [0.2, 0.25) is 5.02 Å². The van der Waals surface area contributed by atoms with Crippen molar-refractivity contribution in [3.63, 3.8) is 0 Å². The fraction of sp³-hybridized carbons (Fsp3) is 0.111. The molecule has 2 aromatic carbocycles. The quantitative estimate of drug-likeness (QED) is 0.762. The van der Waals surface area contributed by atoms with Crippen LogP contribution in [-0.2, 0) is 12.8 Å². The maximum atomic E-state index is 12.5. The predicted molar refractivity (Wildman–Crippen MR) is 88.8 cm³/mol. The summed E-state index contributed by atoms with van der Waals surface area (Å²) in [5, 5.41) is 7.38. The summed E-state index contributed by atoms with van der Waals surface area (Å²) in [7, 11) is 0. The Hall–Kier alpha value is -2.59. The number of fused-ring (bicyclic) bond motifs is 3. The number of nitrogens with one attached hydrogen (secondary N) is 1. The van der Waals surface area contributed by atoms with Gasteiger partial charge in [0, 0.05) is 21.8 Å². The molecule has 1 N–H and O–H groups in total. The minimum Gasteiger partial charge on any atom is -0.355 e. The fourth-order valence-corrected chi connectivity index (χ4v) is 3.10. The van der Waals surface area contributed by atoms with Crippen LogP contribution < -0.4 is 5.32 Å². The lowest BCUT2D eigenvalue weighted by atomic mass is 9.89. The molecule has 1 heterocycles. The Kier molecular flexibility index (Phi) is 3.39. The van der Waals surface area contributed by atoms with Gasteiger partial charge in [-0.05, 0) is 36.6 Å². The van der Waals surface area contributed by atoms with Gasteiger partial charge in [0.1, 0.15) is 0 Å². The Morgan fingerprint density at radius 3 is 2.87 bits per heavy atom. The van der Waals surface area contributed by atoms with E-state index in [0.717, 1.165) is 24.0 Å². The molecule has 114 valence electrons. The van der Waals surface area contributed by atoms with Crippen molar-refractivity contribution < 1.29 is 9.32 Å². The van der Waals surface area contributed by atoms with E-state index in [1.165, 1.54) is 5.56 Å². The van der Waals surface area contributed by atoms with E-state index in [4.69, 9.17) is 16.1 Å². The number of nitrogens with zero attached hydrogens (tertiary/aromatic N) is 1. The first kappa shape index (κ1) is 14.0. The van der Waals surface area contributed by atoms with E-state index < -0.39 is 0 Å². The van der Waals surface area contributed by atoms with E-state index in [-0.39, 0.29) is 5.91 Å². The SMILES string of the molecule is O=C(Nc1cccc(Cl)c1)c1noc2c1CCc1ccccc1-2. The summed E-state index contributed by atoms with van der Waals surface area (Å²) in [6.45, 7) is 0. The molecular weight excluding hydrogens is 312 g/mol. The second kappa shape index (κ2) is 5.56. The van der Waals surface area contributed by atoms with E-state index in [9.17, 15) is 4.79 Å². The van der Waals surface area contributed by atoms with E-state index >= 15 is 0 Å². The molecule has 1 aliphatic carbocycles. The molecule has 1 amide bonds. The first-order chi connectivity index (χ1) is 11.2. The molecule has 3 aromatic rings. The third-order valence-corrected chi connectivity index (χ3v) is 4.23. The average molecular weight is 325 g/mol. The zero-order chi connectivity index (χ0) is 15.8. The highest BCUT2D eigenvalue weighted by molar-refractivity contribution is 6.31. The summed E-state index contributed by atoms with van der Waals surface area (Å²) in [6, 6.07) is 15.1. The Morgan fingerprint density at radius 2 is 2.00 bits per heavy atom. The van der Waals surface area contributed by atoms with Gasteiger partial charge in [-0.25, -0.2) is 0 Å². The molecule has 4 nitrogen and oxygen atoms in total. The standard InChI is InChI=1S/C18H13ClN2O2/c19-12-5-3-6-13(10-12)20-18(22)16-15-9-8-11-4-1-2-7-14(11)17(15)23-21-16/h1-7,10H,8-9H2,(H,20,22). The summed E-state index contributed by atoms with van der Waals surface area (Å²) in [4.78, 5) is 12.5. The maximum absolute atomic E-state index is 12.5. The highest BCUT2D eigenvalue weighted by Crippen LogP contribution is 2.35. The molecule has 0 saturated carbocycles. The summed E-state index contributed by atoms with van der Waals surface area (Å²) in [5.74, 6) is 0.416. The van der Waals surface area contributed by atoms with Crippen LogP contribution in [0.5, 0.6) is 0 Å². The molecule has 0 bridgehead atoms. The van der Waals surface area contributed by atoms with Crippen LogP contribution in [0.1, 0.15) is 21.6 Å². The largest absolute Gasteiger partial charge is 0.355 e. The Morgan fingerprint density at radius 1 is 1.13 bits per heavy atom. The zero-order valence-electron chi connectivity index (χ0n) is 12.2. The van der Waals surface area contributed by atoms with Gasteiger partial charge in [-0.2, -0.15) is 0 Å². The number of halogens is 1. The van der Waals surface area contributed by atoms with Gasteiger partial charge in [0.05, 0.1) is 0 Å². The third-order valence-electron chi connectivity index (χ3n) is 3.99. The normalized spacial score (nSPS) is 12.4. The van der Waals surface area contributed by atoms with Crippen LogP contribution in [-0.4, -0.2) is 11.1 Å². The molecule has 5 heteroatoms. The second-order valence-corrected chi connectivity index (χ2v) is 5.90. The van der Waals surface area contributed by atoms with Crippen molar-refractivity contribution in [1.29, 1.82) is 0 Å². The van der Waals surface area contributed by atoms with Crippen molar-refractivity contribution in [3.8, 4) is 11.3 Å². The molecule has 1 aliphatic rings. The van der Waals surface area contributed by atoms with Crippen molar-refractivity contribution in [2.75, 3.05) is 5.32 Å². The predicted octanol–water partition coefficient (Wildman–Crippen LogP) is 4.35. The lowest BCUT2D eigenvalue weighted by molar-refractivity contribution is 0.101. The van der Waals surface area contributed by atoms with E-state index in [0.29, 0.717) is 22.2 Å². The van der Waals surface area contributed by atoms with Gasteiger partial charge >= 0.3 is 0 Å². The summed E-state index contributed by atoms with van der Waals surface area (Å²) in [6.07, 6.45) is 1.62. The molecule has 0 aliphatic heterocycles. The number of aromatic nitrogens is 1. The number of aryl methyl sites for hydroxylation is 1. The van der Waals surface area contributed by atoms with Gasteiger partial charge in [0.25, 0.3) is 5.91 Å². The first-order valence-electron chi connectivity index (χ1n) is 7.36. The van der Waals surface area contributed by atoms with Crippen molar-refractivity contribution in [1.82, 2.24) is 5.16 Å². The fourth-order valence-electron chi connectivity index (χ4n) is 2.91. The summed E-state index contributed by atoms with van der Waals surface area (Å²) < 4.78 is 5.46. The molecule has 4 rings (SSSR count). The maximum Gasteiger partial charge on any atom is 0.278 e. The van der Waals surface area contributed by atoms with Crippen molar-refractivity contribution >= 4 is 23.2 Å². The van der Waals surface area contributed by atoms with Crippen LogP contribution in [0.3, 0.4) is 0 Å². The molecule has 0 radical (unpaired) electrons. The molecule has 0 saturated heterocycles. The lowest BCUT2D eigenvalue weighted by Crippen LogP contribution is -2.15. The number of carbonyl (C=O) groups is 1. The number of benzene rings is 2. The molecule has 23 heavy (non-hydrogen) atoms. The van der Waals surface area contributed by atoms with Crippen LogP contribution in [0.4, 0.5) is 5.69 Å². The number of hydrogen-bond acceptors (Lipinski definition) is 3. The van der Waals surface area contributed by atoms with Crippen LogP contribution in [0.15, 0.2) is 53.1 Å². The van der Waals surface area contributed by atoms with Crippen LogP contribution in [0.25, 0.3) is 11.3 Å². The van der Waals surface area contributed by atoms with E-state index in [1.807, 2.05) is 18.2 Å². The smallest absolute Gasteiger partial charge is 0.278 e. The van der Waals surface area contributed by atoms with Gasteiger partial charge in [-0.1, -0.05) is 47.1 Å². The number of hydrogen-bond donors (Lipinski definition) is 1. The molecule has 1 aromatic heterocycles. The Bertz CT molecular complexity index is 902. The minimum atomic E-state index is -0.281. The van der Waals surface area contributed by atoms with Crippen LogP contribution >= 0.6 is 11.6 Å². The number of amides is 1. The lowest BCUT2D eigenvalue weighted by Gasteiger charge is -2.14. The second-order valence-electron chi connectivity index (χ2n) is 5.46. The molecule has 0 spiro atoms. The van der Waals surface area contributed by atoms with Gasteiger partial charge in [0.2, 0.25) is 0 Å².